The highest BCUT2D eigenvalue weighted by atomic mass is 16.6. The van der Waals surface area contributed by atoms with E-state index in [4.69, 9.17) is 16.2 Å². The maximum atomic E-state index is 13.1. The van der Waals surface area contributed by atoms with E-state index >= 15 is 0 Å². The maximum Gasteiger partial charge on any atom is 0.306 e. The number of hydrogen-bond acceptors (Lipinski definition) is 7. The molecule has 0 fully saturated rings. The minimum Gasteiger partial charge on any atom is -0.460 e. The van der Waals surface area contributed by atoms with Gasteiger partial charge in [0.2, 0.25) is 5.91 Å². The monoisotopic (exact) mass is 477 g/mol. The van der Waals surface area contributed by atoms with Gasteiger partial charge in [-0.3, -0.25) is 14.4 Å². The van der Waals surface area contributed by atoms with Gasteiger partial charge in [0.15, 0.2) is 0 Å². The molecule has 1 aromatic heterocycles. The Labute approximate surface area is 205 Å². The molecular weight excluding hydrogens is 446 g/mol. The molecule has 1 aliphatic rings. The topological polar surface area (TPSA) is 152 Å². The van der Waals surface area contributed by atoms with Gasteiger partial charge in [0.25, 0.3) is 5.91 Å². The lowest BCUT2D eigenvalue weighted by atomic mass is 9.93. The van der Waals surface area contributed by atoms with E-state index in [-0.39, 0.29) is 31.2 Å². The van der Waals surface area contributed by atoms with Crippen molar-refractivity contribution in [1.82, 2.24) is 9.88 Å². The lowest BCUT2D eigenvalue weighted by Gasteiger charge is -2.25. The molecule has 9 nitrogen and oxygen atoms in total. The number of fused-ring (bicyclic) bond motifs is 1. The lowest BCUT2D eigenvalue weighted by Crippen LogP contribution is -2.45. The number of carbonyl (C=O) groups is 3. The predicted molar refractivity (Wildman–Crippen MR) is 131 cm³/mol. The first-order chi connectivity index (χ1) is 16.3. The molecule has 4 N–H and O–H groups in total. The summed E-state index contributed by atoms with van der Waals surface area (Å²) in [7, 11) is 0. The number of primary amides is 1. The van der Waals surface area contributed by atoms with Crippen molar-refractivity contribution in [2.24, 2.45) is 5.73 Å². The Hall–Kier alpha value is -3.93. The number of nitrogen functional groups attached to an aromatic ring is 1. The number of hydrogen-bond donors (Lipinski definition) is 2. The molecule has 3 rings (SSSR count). The molecule has 1 aliphatic heterocycles. The highest BCUT2D eigenvalue weighted by Crippen LogP contribution is 2.34. The normalized spacial score (nSPS) is 14.0. The fourth-order valence-corrected chi connectivity index (χ4v) is 4.21. The number of nitrogens with two attached hydrogens (primary N) is 2. The Morgan fingerprint density at radius 1 is 1.26 bits per heavy atom. The third kappa shape index (κ3) is 5.60. The van der Waals surface area contributed by atoms with E-state index in [0.29, 0.717) is 33.8 Å². The van der Waals surface area contributed by atoms with E-state index in [9.17, 15) is 19.6 Å². The number of ether oxygens (including phenoxy) is 1. The number of rotatable bonds is 7. The quantitative estimate of drug-likeness (QED) is 0.580. The Morgan fingerprint density at radius 3 is 2.51 bits per heavy atom. The van der Waals surface area contributed by atoms with Crippen LogP contribution >= 0.6 is 0 Å². The second-order valence-electron chi connectivity index (χ2n) is 9.97. The smallest absolute Gasteiger partial charge is 0.306 e. The number of anilines is 1. The van der Waals surface area contributed by atoms with Crippen LogP contribution in [0.1, 0.15) is 80.4 Å². The minimum atomic E-state index is -0.960. The van der Waals surface area contributed by atoms with Gasteiger partial charge in [-0.25, -0.2) is 4.98 Å². The van der Waals surface area contributed by atoms with Crippen molar-refractivity contribution in [2.75, 3.05) is 5.73 Å². The first kappa shape index (κ1) is 25.7. The molecule has 0 saturated heterocycles. The van der Waals surface area contributed by atoms with E-state index in [1.807, 2.05) is 13.8 Å². The van der Waals surface area contributed by atoms with Crippen molar-refractivity contribution in [2.45, 2.75) is 71.6 Å². The zero-order valence-corrected chi connectivity index (χ0v) is 20.7. The summed E-state index contributed by atoms with van der Waals surface area (Å²) in [4.78, 5) is 43.2. The first-order valence-corrected chi connectivity index (χ1v) is 11.5. The van der Waals surface area contributed by atoms with Gasteiger partial charge < -0.3 is 21.1 Å². The van der Waals surface area contributed by atoms with E-state index in [0.717, 1.165) is 5.56 Å². The number of benzene rings is 1. The van der Waals surface area contributed by atoms with Crippen molar-refractivity contribution in [3.63, 3.8) is 0 Å². The molecule has 1 aromatic carbocycles. The number of nitrogens with zero attached hydrogens (tertiary/aromatic N) is 3. The van der Waals surface area contributed by atoms with Gasteiger partial charge in [0, 0.05) is 24.1 Å². The number of pyridine rings is 1. The molecule has 2 heterocycles. The van der Waals surface area contributed by atoms with Crippen LogP contribution in [-0.2, 0) is 20.9 Å². The number of carbonyl (C=O) groups excluding carboxylic acids is 3. The molecule has 2 aromatic rings. The fourth-order valence-electron chi connectivity index (χ4n) is 4.21. The van der Waals surface area contributed by atoms with Crippen LogP contribution < -0.4 is 11.5 Å². The third-order valence-corrected chi connectivity index (χ3v) is 5.76. The Morgan fingerprint density at radius 2 is 1.94 bits per heavy atom. The average molecular weight is 478 g/mol. The number of amides is 2. The van der Waals surface area contributed by atoms with Gasteiger partial charge >= 0.3 is 5.97 Å². The van der Waals surface area contributed by atoms with Crippen molar-refractivity contribution in [3.8, 4) is 17.3 Å². The van der Waals surface area contributed by atoms with Crippen molar-refractivity contribution in [3.05, 3.63) is 46.5 Å². The highest BCUT2D eigenvalue weighted by Gasteiger charge is 2.36. The molecule has 9 heteroatoms. The molecule has 0 saturated carbocycles. The van der Waals surface area contributed by atoms with Gasteiger partial charge in [-0.05, 0) is 62.4 Å². The molecule has 184 valence electrons. The molecule has 2 amide bonds. The summed E-state index contributed by atoms with van der Waals surface area (Å²) in [6.07, 6.45) is 0.0108. The van der Waals surface area contributed by atoms with Crippen molar-refractivity contribution >= 4 is 23.6 Å². The van der Waals surface area contributed by atoms with Crippen LogP contribution in [0.2, 0.25) is 0 Å². The second-order valence-corrected chi connectivity index (χ2v) is 9.97. The van der Waals surface area contributed by atoms with E-state index < -0.39 is 23.5 Å². The van der Waals surface area contributed by atoms with Gasteiger partial charge in [-0.2, -0.15) is 5.26 Å². The van der Waals surface area contributed by atoms with Crippen molar-refractivity contribution in [1.29, 1.82) is 5.26 Å². The molecule has 1 atom stereocenters. The standard InChI is InChI=1S/C26H31N5O4/c1-14(2)18-11-21(28)30-23(19(18)12-27)15-6-7-17-16(10-15)13-31(25(17)34)20(24(29)33)8-9-22(32)35-26(3,4)5/h6-7,10-11,14,20H,8-9,13H2,1-5H3,(H2,28,30)(H2,29,33)/t20-/m0/s1. The van der Waals surface area contributed by atoms with Gasteiger partial charge in [0.1, 0.15) is 23.5 Å². The average Bonchev–Trinajstić information content (AvgIpc) is 3.07. The molecule has 0 spiro atoms. The summed E-state index contributed by atoms with van der Waals surface area (Å²) in [5.41, 5.74) is 14.4. The molecule has 0 unspecified atom stereocenters. The lowest BCUT2D eigenvalue weighted by molar-refractivity contribution is -0.155. The Bertz CT molecular complexity index is 1220. The Balaban J connectivity index is 1.90. The number of nitriles is 1. The summed E-state index contributed by atoms with van der Waals surface area (Å²) in [5, 5.41) is 9.80. The SMILES string of the molecule is CC(C)c1cc(N)nc(-c2ccc3c(c2)CN([C@@H](CCC(=O)OC(C)(C)C)C(N)=O)C3=O)c1C#N. The second kappa shape index (κ2) is 9.74. The number of aromatic nitrogens is 1. The maximum absolute atomic E-state index is 13.1. The van der Waals surface area contributed by atoms with Gasteiger partial charge in [-0.1, -0.05) is 19.9 Å². The molecule has 35 heavy (non-hydrogen) atoms. The van der Waals surface area contributed by atoms with Crippen LogP contribution in [0.15, 0.2) is 24.3 Å². The van der Waals surface area contributed by atoms with E-state index in [1.165, 1.54) is 4.90 Å². The van der Waals surface area contributed by atoms with E-state index in [2.05, 4.69) is 11.1 Å². The van der Waals surface area contributed by atoms with Crippen LogP contribution in [0.3, 0.4) is 0 Å². The van der Waals surface area contributed by atoms with Crippen LogP contribution in [0, 0.1) is 11.3 Å². The molecular formula is C26H31N5O4. The zero-order valence-electron chi connectivity index (χ0n) is 20.7. The summed E-state index contributed by atoms with van der Waals surface area (Å²) < 4.78 is 5.30. The highest BCUT2D eigenvalue weighted by molar-refractivity contribution is 6.01. The first-order valence-electron chi connectivity index (χ1n) is 11.5. The molecule has 0 aliphatic carbocycles. The van der Waals surface area contributed by atoms with E-state index in [1.54, 1.807) is 45.0 Å². The van der Waals surface area contributed by atoms with Gasteiger partial charge in [-0.15, -0.1) is 0 Å². The van der Waals surface area contributed by atoms with Gasteiger partial charge in [0.05, 0.1) is 11.3 Å². The summed E-state index contributed by atoms with van der Waals surface area (Å²) >= 11 is 0. The predicted octanol–water partition coefficient (Wildman–Crippen LogP) is 3.26. The molecule has 0 bridgehead atoms. The summed E-state index contributed by atoms with van der Waals surface area (Å²) in [6, 6.07) is 8.13. The third-order valence-electron chi connectivity index (χ3n) is 5.76. The number of esters is 1. The summed E-state index contributed by atoms with van der Waals surface area (Å²) in [5.74, 6) is -1.13. The minimum absolute atomic E-state index is 0.0486. The van der Waals surface area contributed by atoms with Crippen LogP contribution in [-0.4, -0.2) is 39.3 Å². The Kier molecular flexibility index (Phi) is 7.15. The van der Waals surface area contributed by atoms with Crippen LogP contribution in [0.5, 0.6) is 0 Å². The summed E-state index contributed by atoms with van der Waals surface area (Å²) in [6.45, 7) is 9.36. The molecule has 0 radical (unpaired) electrons. The fraction of sp³-hybridized carbons (Fsp3) is 0.423. The van der Waals surface area contributed by atoms with Crippen LogP contribution in [0.25, 0.3) is 11.3 Å². The van der Waals surface area contributed by atoms with Crippen LogP contribution in [0.4, 0.5) is 5.82 Å². The van der Waals surface area contributed by atoms with Crippen molar-refractivity contribution < 1.29 is 19.1 Å². The largest absolute Gasteiger partial charge is 0.460 e. The zero-order chi connectivity index (χ0) is 26.1.